The van der Waals surface area contributed by atoms with Gasteiger partial charge in [-0.05, 0) is 37.9 Å². The van der Waals surface area contributed by atoms with Crippen molar-refractivity contribution in [3.8, 4) is 0 Å². The fraction of sp³-hybridized carbons (Fsp3) is 0.611. The van der Waals surface area contributed by atoms with Gasteiger partial charge in [-0.25, -0.2) is 4.98 Å². The first-order valence-corrected chi connectivity index (χ1v) is 8.54. The molecule has 0 bridgehead atoms. The number of imidazole rings is 1. The van der Waals surface area contributed by atoms with Crippen molar-refractivity contribution in [2.24, 2.45) is 0 Å². The molecular formula is C18H27N3. The lowest BCUT2D eigenvalue weighted by Crippen LogP contribution is -2.40. The summed E-state index contributed by atoms with van der Waals surface area (Å²) in [5, 5.41) is 3.78. The van der Waals surface area contributed by atoms with E-state index >= 15 is 0 Å². The third kappa shape index (κ3) is 2.84. The van der Waals surface area contributed by atoms with Crippen LogP contribution in [0, 0.1) is 0 Å². The molecule has 0 radical (unpaired) electrons. The Morgan fingerprint density at radius 3 is 2.81 bits per heavy atom. The normalized spacial score (nSPS) is 22.8. The zero-order valence-corrected chi connectivity index (χ0v) is 13.3. The van der Waals surface area contributed by atoms with Crippen molar-refractivity contribution in [1.82, 2.24) is 14.9 Å². The van der Waals surface area contributed by atoms with E-state index in [-0.39, 0.29) is 0 Å². The molecule has 1 aromatic heterocycles. The van der Waals surface area contributed by atoms with E-state index in [9.17, 15) is 0 Å². The Balaban J connectivity index is 2.00. The predicted molar refractivity (Wildman–Crippen MR) is 88.7 cm³/mol. The highest BCUT2D eigenvalue weighted by Crippen LogP contribution is 2.33. The van der Waals surface area contributed by atoms with Gasteiger partial charge in [0, 0.05) is 12.5 Å². The van der Waals surface area contributed by atoms with E-state index < -0.39 is 0 Å². The van der Waals surface area contributed by atoms with Crippen molar-refractivity contribution in [2.75, 3.05) is 6.54 Å². The minimum atomic E-state index is 0.563. The van der Waals surface area contributed by atoms with Crippen molar-refractivity contribution in [1.29, 1.82) is 0 Å². The van der Waals surface area contributed by atoms with Gasteiger partial charge in [0.2, 0.25) is 0 Å². The first kappa shape index (κ1) is 14.6. The van der Waals surface area contributed by atoms with Crippen molar-refractivity contribution in [3.63, 3.8) is 0 Å². The summed E-state index contributed by atoms with van der Waals surface area (Å²) in [5.41, 5.74) is 2.46. The number of benzene rings is 1. The summed E-state index contributed by atoms with van der Waals surface area (Å²) < 4.78 is 2.53. The second kappa shape index (κ2) is 6.61. The lowest BCUT2D eigenvalue weighted by atomic mass is 9.89. The minimum absolute atomic E-state index is 0.563. The Labute approximate surface area is 127 Å². The molecule has 1 aliphatic rings. The topological polar surface area (TPSA) is 29.9 Å². The predicted octanol–water partition coefficient (Wildman–Crippen LogP) is 4.08. The molecule has 1 fully saturated rings. The number of nitrogens with one attached hydrogen (secondary N) is 1. The van der Waals surface area contributed by atoms with E-state index in [0.29, 0.717) is 12.1 Å². The number of hydrogen-bond acceptors (Lipinski definition) is 2. The molecule has 1 N–H and O–H groups in total. The average Bonchev–Trinajstić information content (AvgIpc) is 2.91. The van der Waals surface area contributed by atoms with Gasteiger partial charge < -0.3 is 9.88 Å². The second-order valence-electron chi connectivity index (χ2n) is 6.15. The second-order valence-corrected chi connectivity index (χ2v) is 6.15. The Morgan fingerprint density at radius 2 is 2.00 bits per heavy atom. The standard InChI is InChI=1S/C18H27N3/c1-3-13-19-14-9-5-7-11-16(14)21-17-12-8-6-10-15(17)20-18(21)4-2/h6,8,10,12,14,16,19H,3-5,7,9,11,13H2,1-2H3. The van der Waals surface area contributed by atoms with E-state index in [2.05, 4.69) is 48.0 Å². The van der Waals surface area contributed by atoms with Crippen LogP contribution in [0.3, 0.4) is 0 Å². The maximum Gasteiger partial charge on any atom is 0.109 e. The number of aryl methyl sites for hydroxylation is 1. The monoisotopic (exact) mass is 285 g/mol. The smallest absolute Gasteiger partial charge is 0.109 e. The number of nitrogens with zero attached hydrogens (tertiary/aromatic N) is 2. The van der Waals surface area contributed by atoms with E-state index in [1.165, 1.54) is 43.4 Å². The van der Waals surface area contributed by atoms with Crippen LogP contribution >= 0.6 is 0 Å². The molecule has 21 heavy (non-hydrogen) atoms. The number of rotatable bonds is 5. The summed E-state index contributed by atoms with van der Waals surface area (Å²) >= 11 is 0. The van der Waals surface area contributed by atoms with Gasteiger partial charge in [-0.1, -0.05) is 38.8 Å². The minimum Gasteiger partial charge on any atom is -0.323 e. The SMILES string of the molecule is CCCNC1CCCCC1n1c(CC)nc2ccccc21. The molecule has 0 amide bonds. The van der Waals surface area contributed by atoms with Gasteiger partial charge in [0.05, 0.1) is 17.1 Å². The number of para-hydroxylation sites is 2. The zero-order valence-electron chi connectivity index (χ0n) is 13.3. The largest absolute Gasteiger partial charge is 0.323 e. The molecule has 0 aliphatic heterocycles. The summed E-state index contributed by atoms with van der Waals surface area (Å²) in [6.07, 6.45) is 7.46. The highest BCUT2D eigenvalue weighted by Gasteiger charge is 2.28. The molecule has 0 saturated heterocycles. The van der Waals surface area contributed by atoms with Crippen LogP contribution in [0.5, 0.6) is 0 Å². The third-order valence-electron chi connectivity index (χ3n) is 4.70. The summed E-state index contributed by atoms with van der Waals surface area (Å²) in [5.74, 6) is 1.24. The molecule has 3 heteroatoms. The van der Waals surface area contributed by atoms with E-state index in [0.717, 1.165) is 18.5 Å². The summed E-state index contributed by atoms with van der Waals surface area (Å²) in [6, 6.07) is 9.76. The fourth-order valence-electron chi connectivity index (χ4n) is 3.70. The summed E-state index contributed by atoms with van der Waals surface area (Å²) in [4.78, 5) is 4.86. The molecule has 0 spiro atoms. The first-order chi connectivity index (χ1) is 10.3. The van der Waals surface area contributed by atoms with Crippen molar-refractivity contribution < 1.29 is 0 Å². The van der Waals surface area contributed by atoms with Crippen LogP contribution < -0.4 is 5.32 Å². The Kier molecular flexibility index (Phi) is 4.59. The lowest BCUT2D eigenvalue weighted by Gasteiger charge is -2.34. The third-order valence-corrected chi connectivity index (χ3v) is 4.70. The highest BCUT2D eigenvalue weighted by atomic mass is 15.1. The van der Waals surface area contributed by atoms with Gasteiger partial charge in [0.25, 0.3) is 0 Å². The summed E-state index contributed by atoms with van der Waals surface area (Å²) in [7, 11) is 0. The van der Waals surface area contributed by atoms with Crippen molar-refractivity contribution in [2.45, 2.75) is 64.5 Å². The summed E-state index contributed by atoms with van der Waals surface area (Å²) in [6.45, 7) is 5.58. The van der Waals surface area contributed by atoms with Crippen LogP contribution in [0.1, 0.15) is 57.8 Å². The van der Waals surface area contributed by atoms with Crippen LogP contribution in [-0.4, -0.2) is 22.1 Å². The Morgan fingerprint density at radius 1 is 1.19 bits per heavy atom. The van der Waals surface area contributed by atoms with Crippen LogP contribution in [0.4, 0.5) is 0 Å². The molecule has 1 saturated carbocycles. The molecule has 1 aromatic carbocycles. The van der Waals surface area contributed by atoms with Gasteiger partial charge in [0.15, 0.2) is 0 Å². The van der Waals surface area contributed by atoms with Gasteiger partial charge in [0.1, 0.15) is 5.82 Å². The van der Waals surface area contributed by atoms with E-state index in [1.807, 2.05) is 0 Å². The molecule has 1 heterocycles. The Bertz CT molecular complexity index is 587. The van der Waals surface area contributed by atoms with Crippen LogP contribution in [-0.2, 0) is 6.42 Å². The number of fused-ring (bicyclic) bond motifs is 1. The fourth-order valence-corrected chi connectivity index (χ4v) is 3.70. The number of hydrogen-bond donors (Lipinski definition) is 1. The molecule has 3 nitrogen and oxygen atoms in total. The quantitative estimate of drug-likeness (QED) is 0.897. The van der Waals surface area contributed by atoms with Crippen LogP contribution in [0.25, 0.3) is 11.0 Å². The van der Waals surface area contributed by atoms with Crippen molar-refractivity contribution in [3.05, 3.63) is 30.1 Å². The van der Waals surface area contributed by atoms with E-state index in [4.69, 9.17) is 4.98 Å². The molecule has 3 rings (SSSR count). The van der Waals surface area contributed by atoms with Crippen LogP contribution in [0.15, 0.2) is 24.3 Å². The first-order valence-electron chi connectivity index (χ1n) is 8.54. The van der Waals surface area contributed by atoms with Gasteiger partial charge in [-0.3, -0.25) is 0 Å². The average molecular weight is 285 g/mol. The molecule has 2 unspecified atom stereocenters. The maximum atomic E-state index is 4.86. The van der Waals surface area contributed by atoms with Gasteiger partial charge >= 0.3 is 0 Å². The van der Waals surface area contributed by atoms with E-state index in [1.54, 1.807) is 0 Å². The maximum absolute atomic E-state index is 4.86. The van der Waals surface area contributed by atoms with Crippen molar-refractivity contribution >= 4 is 11.0 Å². The molecule has 114 valence electrons. The van der Waals surface area contributed by atoms with Crippen LogP contribution in [0.2, 0.25) is 0 Å². The lowest BCUT2D eigenvalue weighted by molar-refractivity contribution is 0.263. The highest BCUT2D eigenvalue weighted by molar-refractivity contribution is 5.76. The zero-order chi connectivity index (χ0) is 14.7. The molecule has 2 aromatic rings. The molecule has 2 atom stereocenters. The number of aromatic nitrogens is 2. The van der Waals surface area contributed by atoms with Gasteiger partial charge in [-0.15, -0.1) is 0 Å². The van der Waals surface area contributed by atoms with Gasteiger partial charge in [-0.2, -0.15) is 0 Å². The Hall–Kier alpha value is -1.35. The molecule has 1 aliphatic carbocycles. The molecular weight excluding hydrogens is 258 g/mol.